The lowest BCUT2D eigenvalue weighted by molar-refractivity contribution is 0.0365. The molecular formula is C20H23N3O2. The van der Waals surface area contributed by atoms with Gasteiger partial charge in [-0.3, -0.25) is 4.79 Å². The van der Waals surface area contributed by atoms with Gasteiger partial charge in [0.2, 0.25) is 0 Å². The molecule has 1 aliphatic carbocycles. The Labute approximate surface area is 147 Å². The summed E-state index contributed by atoms with van der Waals surface area (Å²) in [5, 5.41) is 13.7. The fraction of sp³-hybridized carbons (Fsp3) is 0.400. The molecule has 130 valence electrons. The molecule has 1 amide bonds. The summed E-state index contributed by atoms with van der Waals surface area (Å²) >= 11 is 0. The molecule has 0 unspecified atom stereocenters. The first kappa shape index (κ1) is 16.1. The van der Waals surface area contributed by atoms with Crippen molar-refractivity contribution in [2.24, 2.45) is 0 Å². The molecule has 2 aromatic rings. The van der Waals surface area contributed by atoms with E-state index >= 15 is 0 Å². The van der Waals surface area contributed by atoms with Crippen LogP contribution in [0, 0.1) is 0 Å². The Morgan fingerprint density at radius 1 is 1.28 bits per heavy atom. The molecule has 1 fully saturated rings. The first-order valence-electron chi connectivity index (χ1n) is 8.83. The summed E-state index contributed by atoms with van der Waals surface area (Å²) < 4.78 is 0. The molecule has 1 aliphatic heterocycles. The van der Waals surface area contributed by atoms with Gasteiger partial charge in [-0.25, -0.2) is 4.98 Å². The number of nitrogens with one attached hydrogen (secondary N) is 1. The fourth-order valence-electron chi connectivity index (χ4n) is 4.36. The number of aliphatic hydroxyl groups is 1. The van der Waals surface area contributed by atoms with Gasteiger partial charge in [0.15, 0.2) is 0 Å². The number of piperidine rings is 1. The molecule has 1 atom stereocenters. The third kappa shape index (κ3) is 2.59. The molecule has 1 aromatic carbocycles. The fourth-order valence-corrected chi connectivity index (χ4v) is 4.36. The van der Waals surface area contributed by atoms with Gasteiger partial charge in [0, 0.05) is 37.3 Å². The highest BCUT2D eigenvalue weighted by atomic mass is 16.3. The minimum Gasteiger partial charge on any atom is -0.392 e. The number of anilines is 1. The third-order valence-electron chi connectivity index (χ3n) is 5.81. The van der Waals surface area contributed by atoms with Gasteiger partial charge in [0.1, 0.15) is 5.82 Å². The van der Waals surface area contributed by atoms with Crippen molar-refractivity contribution in [3.05, 3.63) is 59.3 Å². The number of carbonyl (C=O) groups excluding carboxylic acids is 1. The van der Waals surface area contributed by atoms with E-state index in [1.54, 1.807) is 25.4 Å². The highest BCUT2D eigenvalue weighted by molar-refractivity contribution is 5.94. The molecule has 2 aliphatic rings. The second kappa shape index (κ2) is 6.15. The zero-order valence-electron chi connectivity index (χ0n) is 14.4. The quantitative estimate of drug-likeness (QED) is 0.882. The maximum atomic E-state index is 12.8. The molecule has 0 radical (unpaired) electrons. The van der Waals surface area contributed by atoms with Crippen LogP contribution < -0.4 is 5.32 Å². The van der Waals surface area contributed by atoms with E-state index in [0.717, 1.165) is 19.3 Å². The Morgan fingerprint density at radius 2 is 2.04 bits per heavy atom. The number of amides is 1. The molecule has 0 saturated carbocycles. The number of hydrogen-bond acceptors (Lipinski definition) is 4. The normalized spacial score (nSPS) is 21.2. The van der Waals surface area contributed by atoms with Crippen molar-refractivity contribution >= 4 is 11.7 Å². The molecule has 2 heterocycles. The van der Waals surface area contributed by atoms with E-state index in [1.807, 2.05) is 17.0 Å². The van der Waals surface area contributed by atoms with Gasteiger partial charge >= 0.3 is 0 Å². The van der Waals surface area contributed by atoms with Crippen LogP contribution in [-0.2, 0) is 11.8 Å². The van der Waals surface area contributed by atoms with Gasteiger partial charge in [-0.2, -0.15) is 0 Å². The van der Waals surface area contributed by atoms with Crippen molar-refractivity contribution in [2.75, 3.05) is 25.5 Å². The number of likely N-dealkylation sites (tertiary alicyclic amines) is 1. The third-order valence-corrected chi connectivity index (χ3v) is 5.81. The second-order valence-electron chi connectivity index (χ2n) is 7.01. The Kier molecular flexibility index (Phi) is 3.96. The van der Waals surface area contributed by atoms with E-state index in [1.165, 1.54) is 11.1 Å². The maximum Gasteiger partial charge on any atom is 0.254 e. The van der Waals surface area contributed by atoms with Crippen molar-refractivity contribution < 1.29 is 9.90 Å². The summed E-state index contributed by atoms with van der Waals surface area (Å²) in [5.41, 5.74) is 2.99. The molecular weight excluding hydrogens is 314 g/mol. The van der Waals surface area contributed by atoms with Crippen LogP contribution in [0.25, 0.3) is 0 Å². The van der Waals surface area contributed by atoms with Crippen molar-refractivity contribution in [3.63, 3.8) is 0 Å². The van der Waals surface area contributed by atoms with E-state index in [-0.39, 0.29) is 17.4 Å². The number of rotatable bonds is 2. The monoisotopic (exact) mass is 337 g/mol. The van der Waals surface area contributed by atoms with Crippen molar-refractivity contribution in [2.45, 2.75) is 30.8 Å². The maximum absolute atomic E-state index is 12.8. The van der Waals surface area contributed by atoms with Crippen LogP contribution in [0.1, 0.15) is 34.3 Å². The molecule has 4 rings (SSSR count). The van der Waals surface area contributed by atoms with Gasteiger partial charge in [-0.15, -0.1) is 0 Å². The van der Waals surface area contributed by atoms with E-state index in [4.69, 9.17) is 0 Å². The number of pyridine rings is 1. The minimum absolute atomic E-state index is 0.0366. The topological polar surface area (TPSA) is 65.5 Å². The van der Waals surface area contributed by atoms with E-state index in [0.29, 0.717) is 24.5 Å². The standard InChI is InChI=1S/C20H23N3O2/c1-21-18-13-15(6-9-22-18)19(25)23-10-7-20(8-11-23)16-5-3-2-4-14(16)12-17(20)24/h2-6,9,13,17,24H,7-8,10-12H2,1H3,(H,21,22)/t17-/m0/s1. The van der Waals surface area contributed by atoms with Crippen LogP contribution in [0.4, 0.5) is 5.82 Å². The number of aromatic nitrogens is 1. The molecule has 1 saturated heterocycles. The Balaban J connectivity index is 1.53. The van der Waals surface area contributed by atoms with Crippen LogP contribution in [-0.4, -0.2) is 47.1 Å². The lowest BCUT2D eigenvalue weighted by atomic mass is 9.72. The molecule has 0 bridgehead atoms. The average Bonchev–Trinajstić information content (AvgIpc) is 2.93. The second-order valence-corrected chi connectivity index (χ2v) is 7.01. The van der Waals surface area contributed by atoms with Gasteiger partial charge in [0.25, 0.3) is 5.91 Å². The van der Waals surface area contributed by atoms with E-state index in [9.17, 15) is 9.90 Å². The molecule has 5 nitrogen and oxygen atoms in total. The lowest BCUT2D eigenvalue weighted by Crippen LogP contribution is -2.49. The Hall–Kier alpha value is -2.40. The first-order chi connectivity index (χ1) is 12.1. The smallest absolute Gasteiger partial charge is 0.254 e. The van der Waals surface area contributed by atoms with Gasteiger partial charge < -0.3 is 15.3 Å². The van der Waals surface area contributed by atoms with Crippen LogP contribution >= 0.6 is 0 Å². The predicted molar refractivity (Wildman–Crippen MR) is 96.8 cm³/mol. The highest BCUT2D eigenvalue weighted by Gasteiger charge is 2.48. The molecule has 5 heteroatoms. The van der Waals surface area contributed by atoms with Crippen molar-refractivity contribution in [1.82, 2.24) is 9.88 Å². The van der Waals surface area contributed by atoms with Crippen molar-refractivity contribution in [1.29, 1.82) is 0 Å². The van der Waals surface area contributed by atoms with Crippen LogP contribution in [0.15, 0.2) is 42.6 Å². The lowest BCUT2D eigenvalue weighted by Gasteiger charge is -2.42. The Morgan fingerprint density at radius 3 is 2.80 bits per heavy atom. The summed E-state index contributed by atoms with van der Waals surface area (Å²) in [6, 6.07) is 11.9. The highest BCUT2D eigenvalue weighted by Crippen LogP contribution is 2.46. The number of fused-ring (bicyclic) bond motifs is 2. The number of aliphatic hydroxyl groups excluding tert-OH is 1. The average molecular weight is 337 g/mol. The summed E-state index contributed by atoms with van der Waals surface area (Å²) in [6.45, 7) is 1.34. The number of benzene rings is 1. The predicted octanol–water partition coefficient (Wildman–Crippen LogP) is 2.21. The summed E-state index contributed by atoms with van der Waals surface area (Å²) in [4.78, 5) is 18.9. The SMILES string of the molecule is CNc1cc(C(=O)N2CCC3(CC2)c2ccccc2C[C@@H]3O)ccn1. The summed E-state index contributed by atoms with van der Waals surface area (Å²) in [6.07, 6.45) is 3.64. The summed E-state index contributed by atoms with van der Waals surface area (Å²) in [5.74, 6) is 0.731. The van der Waals surface area contributed by atoms with Crippen LogP contribution in [0.3, 0.4) is 0 Å². The van der Waals surface area contributed by atoms with E-state index in [2.05, 4.69) is 22.4 Å². The zero-order valence-corrected chi connectivity index (χ0v) is 14.4. The number of hydrogen-bond donors (Lipinski definition) is 2. The first-order valence-corrected chi connectivity index (χ1v) is 8.83. The molecule has 2 N–H and O–H groups in total. The van der Waals surface area contributed by atoms with Crippen LogP contribution in [0.2, 0.25) is 0 Å². The number of carbonyl (C=O) groups is 1. The minimum atomic E-state index is -0.348. The number of nitrogens with zero attached hydrogens (tertiary/aromatic N) is 2. The van der Waals surface area contributed by atoms with Gasteiger partial charge in [-0.1, -0.05) is 24.3 Å². The zero-order chi connectivity index (χ0) is 17.4. The molecule has 1 aromatic heterocycles. The van der Waals surface area contributed by atoms with Gasteiger partial charge in [0.05, 0.1) is 6.10 Å². The molecule has 25 heavy (non-hydrogen) atoms. The largest absolute Gasteiger partial charge is 0.392 e. The van der Waals surface area contributed by atoms with Crippen molar-refractivity contribution in [3.8, 4) is 0 Å². The summed E-state index contributed by atoms with van der Waals surface area (Å²) in [7, 11) is 1.79. The van der Waals surface area contributed by atoms with E-state index < -0.39 is 0 Å². The Bertz CT molecular complexity index is 797. The van der Waals surface area contributed by atoms with Gasteiger partial charge in [-0.05, 0) is 42.5 Å². The molecule has 1 spiro atoms. The van der Waals surface area contributed by atoms with Crippen LogP contribution in [0.5, 0.6) is 0 Å².